The molecule has 1 heterocycles. The van der Waals surface area contributed by atoms with Crippen LogP contribution in [0.3, 0.4) is 0 Å². The summed E-state index contributed by atoms with van der Waals surface area (Å²) in [6, 6.07) is 8.25. The fraction of sp³-hybridized carbons (Fsp3) is 0.438. The first-order chi connectivity index (χ1) is 9.79. The predicted molar refractivity (Wildman–Crippen MR) is 83.5 cm³/mol. The Morgan fingerprint density at radius 3 is 2.65 bits per heavy atom. The van der Waals surface area contributed by atoms with E-state index in [2.05, 4.69) is 27.8 Å². The van der Waals surface area contributed by atoms with Crippen LogP contribution in [0, 0.1) is 6.92 Å². The van der Waals surface area contributed by atoms with Crippen molar-refractivity contribution in [3.63, 3.8) is 0 Å². The fourth-order valence-electron chi connectivity index (χ4n) is 2.51. The maximum atomic E-state index is 5.96. The number of hydrogen-bond acceptors (Lipinski definition) is 4. The number of hydrogen-bond donors (Lipinski definition) is 1. The zero-order valence-electron chi connectivity index (χ0n) is 11.8. The van der Waals surface area contributed by atoms with E-state index in [-0.39, 0.29) is 0 Å². The summed E-state index contributed by atoms with van der Waals surface area (Å²) in [6.07, 6.45) is 5.43. The highest BCUT2D eigenvalue weighted by Crippen LogP contribution is 2.25. The summed E-state index contributed by atoms with van der Waals surface area (Å²) in [5, 5.41) is 6.59. The maximum absolute atomic E-state index is 5.96. The van der Waals surface area contributed by atoms with Gasteiger partial charge in [0.2, 0.25) is 0 Å². The van der Waals surface area contributed by atoms with Gasteiger partial charge in [0.25, 0.3) is 0 Å². The standard InChI is InChI=1S/C16H20N2OS/c1-12-11-20-16(18-12)10-17-13-6-8-15(9-7-13)19-14-4-2-3-5-14/h6-9,11,14,17H,2-5,10H2,1H3. The van der Waals surface area contributed by atoms with Gasteiger partial charge in [0.15, 0.2) is 0 Å². The van der Waals surface area contributed by atoms with Gasteiger partial charge in [-0.3, -0.25) is 0 Å². The van der Waals surface area contributed by atoms with Gasteiger partial charge in [0.1, 0.15) is 10.8 Å². The molecule has 0 amide bonds. The highest BCUT2D eigenvalue weighted by molar-refractivity contribution is 7.09. The van der Waals surface area contributed by atoms with E-state index in [1.165, 1.54) is 25.7 Å². The summed E-state index contributed by atoms with van der Waals surface area (Å²) in [4.78, 5) is 4.44. The second-order valence-corrected chi connectivity index (χ2v) is 6.23. The summed E-state index contributed by atoms with van der Waals surface area (Å²) in [7, 11) is 0. The van der Waals surface area contributed by atoms with Crippen LogP contribution in [-0.4, -0.2) is 11.1 Å². The molecule has 1 aliphatic rings. The third kappa shape index (κ3) is 3.51. The molecule has 1 aliphatic carbocycles. The van der Waals surface area contributed by atoms with Crippen LogP contribution in [-0.2, 0) is 6.54 Å². The van der Waals surface area contributed by atoms with Crippen LogP contribution in [0.2, 0.25) is 0 Å². The Kier molecular flexibility index (Phi) is 4.21. The van der Waals surface area contributed by atoms with Crippen molar-refractivity contribution in [1.29, 1.82) is 0 Å². The molecule has 0 unspecified atom stereocenters. The van der Waals surface area contributed by atoms with E-state index in [1.807, 2.05) is 19.1 Å². The summed E-state index contributed by atoms with van der Waals surface area (Å²) in [6.45, 7) is 2.80. The Hall–Kier alpha value is -1.55. The number of thiazole rings is 1. The molecule has 1 aromatic heterocycles. The van der Waals surface area contributed by atoms with Gasteiger partial charge in [-0.2, -0.15) is 0 Å². The second-order valence-electron chi connectivity index (χ2n) is 5.28. The van der Waals surface area contributed by atoms with Crippen LogP contribution >= 0.6 is 11.3 Å². The lowest BCUT2D eigenvalue weighted by atomic mass is 10.2. The average Bonchev–Trinajstić information content (AvgIpc) is 3.10. The summed E-state index contributed by atoms with van der Waals surface area (Å²) >= 11 is 1.69. The number of nitrogens with one attached hydrogen (secondary N) is 1. The number of aryl methyl sites for hydroxylation is 1. The van der Waals surface area contributed by atoms with Crippen molar-refractivity contribution in [2.24, 2.45) is 0 Å². The SMILES string of the molecule is Cc1csc(CNc2ccc(OC3CCCC3)cc2)n1. The van der Waals surface area contributed by atoms with Crippen LogP contribution in [0.1, 0.15) is 36.4 Å². The normalized spacial score (nSPS) is 15.4. The number of rotatable bonds is 5. The number of ether oxygens (including phenoxy) is 1. The first-order valence-corrected chi connectivity index (χ1v) is 8.09. The first kappa shape index (κ1) is 13.4. The third-order valence-electron chi connectivity index (χ3n) is 3.57. The Morgan fingerprint density at radius 2 is 2.00 bits per heavy atom. The lowest BCUT2D eigenvalue weighted by molar-refractivity contribution is 0.210. The summed E-state index contributed by atoms with van der Waals surface area (Å²) in [5.41, 5.74) is 2.20. The van der Waals surface area contributed by atoms with Gasteiger partial charge in [-0.05, 0) is 56.9 Å². The Morgan fingerprint density at radius 1 is 1.25 bits per heavy atom. The molecule has 0 saturated heterocycles. The highest BCUT2D eigenvalue weighted by Gasteiger charge is 2.16. The summed E-state index contributed by atoms with van der Waals surface area (Å²) in [5.74, 6) is 0.979. The molecule has 3 rings (SSSR count). The molecule has 1 fully saturated rings. The van der Waals surface area contributed by atoms with E-state index in [0.717, 1.165) is 28.7 Å². The van der Waals surface area contributed by atoms with Crippen LogP contribution < -0.4 is 10.1 Å². The molecule has 0 radical (unpaired) electrons. The minimum absolute atomic E-state index is 0.423. The summed E-state index contributed by atoms with van der Waals surface area (Å²) < 4.78 is 5.96. The Labute approximate surface area is 124 Å². The van der Waals surface area contributed by atoms with Crippen molar-refractivity contribution in [2.45, 2.75) is 45.3 Å². The number of nitrogens with zero attached hydrogens (tertiary/aromatic N) is 1. The molecule has 1 N–H and O–H groups in total. The molecule has 1 saturated carbocycles. The second kappa shape index (κ2) is 6.27. The number of benzene rings is 1. The molecule has 20 heavy (non-hydrogen) atoms. The van der Waals surface area contributed by atoms with E-state index >= 15 is 0 Å². The monoisotopic (exact) mass is 288 g/mol. The zero-order chi connectivity index (χ0) is 13.8. The van der Waals surface area contributed by atoms with Crippen LogP contribution in [0.4, 0.5) is 5.69 Å². The molecular formula is C16H20N2OS. The van der Waals surface area contributed by atoms with Gasteiger partial charge in [-0.15, -0.1) is 11.3 Å². The van der Waals surface area contributed by atoms with E-state index in [4.69, 9.17) is 4.74 Å². The van der Waals surface area contributed by atoms with Gasteiger partial charge in [-0.25, -0.2) is 4.98 Å². The third-order valence-corrected chi connectivity index (χ3v) is 4.54. The molecule has 0 bridgehead atoms. The highest BCUT2D eigenvalue weighted by atomic mass is 32.1. The minimum Gasteiger partial charge on any atom is -0.490 e. The number of aromatic nitrogens is 1. The van der Waals surface area contributed by atoms with E-state index in [9.17, 15) is 0 Å². The lowest BCUT2D eigenvalue weighted by Gasteiger charge is -2.13. The van der Waals surface area contributed by atoms with Crippen LogP contribution in [0.15, 0.2) is 29.6 Å². The van der Waals surface area contributed by atoms with Crippen LogP contribution in [0.25, 0.3) is 0 Å². The molecular weight excluding hydrogens is 268 g/mol. The molecule has 1 aromatic carbocycles. The molecule has 2 aromatic rings. The van der Waals surface area contributed by atoms with Gasteiger partial charge in [0, 0.05) is 16.8 Å². The van der Waals surface area contributed by atoms with Crippen molar-refractivity contribution in [3.8, 4) is 5.75 Å². The minimum atomic E-state index is 0.423. The van der Waals surface area contributed by atoms with E-state index in [1.54, 1.807) is 11.3 Å². The smallest absolute Gasteiger partial charge is 0.119 e. The van der Waals surface area contributed by atoms with Crippen molar-refractivity contribution in [2.75, 3.05) is 5.32 Å². The van der Waals surface area contributed by atoms with Crippen molar-refractivity contribution in [1.82, 2.24) is 4.98 Å². The lowest BCUT2D eigenvalue weighted by Crippen LogP contribution is -2.10. The zero-order valence-corrected chi connectivity index (χ0v) is 12.6. The van der Waals surface area contributed by atoms with E-state index in [0.29, 0.717) is 6.10 Å². The fourth-order valence-corrected chi connectivity index (χ4v) is 3.22. The molecule has 0 spiro atoms. The quantitative estimate of drug-likeness (QED) is 0.886. The Balaban J connectivity index is 1.52. The molecule has 0 aliphatic heterocycles. The van der Waals surface area contributed by atoms with Crippen LogP contribution in [0.5, 0.6) is 5.75 Å². The van der Waals surface area contributed by atoms with Crippen molar-refractivity contribution in [3.05, 3.63) is 40.3 Å². The average molecular weight is 288 g/mol. The maximum Gasteiger partial charge on any atom is 0.119 e. The molecule has 106 valence electrons. The topological polar surface area (TPSA) is 34.1 Å². The predicted octanol–water partition coefficient (Wildman–Crippen LogP) is 4.39. The molecule has 4 heteroatoms. The first-order valence-electron chi connectivity index (χ1n) is 7.21. The van der Waals surface area contributed by atoms with Gasteiger partial charge >= 0.3 is 0 Å². The van der Waals surface area contributed by atoms with Gasteiger partial charge < -0.3 is 10.1 Å². The van der Waals surface area contributed by atoms with Crippen molar-refractivity contribution >= 4 is 17.0 Å². The van der Waals surface area contributed by atoms with Gasteiger partial charge in [0.05, 0.1) is 12.6 Å². The van der Waals surface area contributed by atoms with E-state index < -0.39 is 0 Å². The Bertz CT molecular complexity index is 544. The van der Waals surface area contributed by atoms with Gasteiger partial charge in [-0.1, -0.05) is 0 Å². The number of anilines is 1. The largest absolute Gasteiger partial charge is 0.490 e. The molecule has 0 atom stereocenters. The molecule has 3 nitrogen and oxygen atoms in total. The van der Waals surface area contributed by atoms with Crippen molar-refractivity contribution < 1.29 is 4.74 Å².